The van der Waals surface area contributed by atoms with Crippen LogP contribution >= 0.6 is 0 Å². The predicted octanol–water partition coefficient (Wildman–Crippen LogP) is 5.38. The van der Waals surface area contributed by atoms with Crippen LogP contribution in [0.15, 0.2) is 47.4 Å². The van der Waals surface area contributed by atoms with Gasteiger partial charge < -0.3 is 15.0 Å². The highest BCUT2D eigenvalue weighted by atomic mass is 32.2. The number of benzene rings is 2. The fourth-order valence-corrected chi connectivity index (χ4v) is 9.01. The van der Waals surface area contributed by atoms with Gasteiger partial charge in [0.15, 0.2) is 0 Å². The van der Waals surface area contributed by atoms with Gasteiger partial charge in [0.2, 0.25) is 0 Å². The lowest BCUT2D eigenvalue weighted by Crippen LogP contribution is -2.47. The van der Waals surface area contributed by atoms with Crippen molar-refractivity contribution < 1.29 is 18.3 Å². The van der Waals surface area contributed by atoms with Crippen LogP contribution in [0.1, 0.15) is 81.9 Å². The number of nitrogens with zero attached hydrogens (tertiary/aromatic N) is 1. The highest BCUT2D eigenvalue weighted by Crippen LogP contribution is 2.38. The maximum atomic E-state index is 13.6. The van der Waals surface area contributed by atoms with E-state index >= 15 is 0 Å². The molecule has 1 aliphatic carbocycles. The van der Waals surface area contributed by atoms with Gasteiger partial charge in [-0.25, -0.2) is 8.93 Å². The molecule has 228 valence electrons. The molecule has 1 unspecified atom stereocenters. The first kappa shape index (κ1) is 31.1. The summed E-state index contributed by atoms with van der Waals surface area (Å²) in [5.74, 6) is 1.28. The number of rotatable bonds is 8. The molecule has 1 amide bonds. The number of carbonyl (C=O) groups is 1. The molecule has 2 heterocycles. The molecule has 0 radical (unpaired) electrons. The molecule has 1 saturated carbocycles. The molecule has 1 aliphatic heterocycles. The predicted molar refractivity (Wildman–Crippen MR) is 172 cm³/mol. The zero-order chi connectivity index (χ0) is 30.1. The number of hydrogen-bond donors (Lipinski definition) is 3. The Kier molecular flexibility index (Phi) is 9.42. The molecule has 7 nitrogen and oxygen atoms in total. The van der Waals surface area contributed by atoms with Crippen LogP contribution in [-0.4, -0.2) is 53.2 Å². The van der Waals surface area contributed by atoms with E-state index in [4.69, 9.17) is 0 Å². The van der Waals surface area contributed by atoms with E-state index in [1.807, 2.05) is 68.8 Å². The number of fused-ring (bicyclic) bond motifs is 1. The zero-order valence-corrected chi connectivity index (χ0v) is 27.0. The van der Waals surface area contributed by atoms with E-state index in [1.165, 1.54) is 32.1 Å². The van der Waals surface area contributed by atoms with E-state index < -0.39 is 27.4 Å². The first-order valence-electron chi connectivity index (χ1n) is 15.2. The van der Waals surface area contributed by atoms with E-state index in [-0.39, 0.29) is 18.0 Å². The minimum absolute atomic E-state index is 0.145. The zero-order valence-electron chi connectivity index (χ0n) is 25.3. The van der Waals surface area contributed by atoms with Crippen molar-refractivity contribution in [3.05, 3.63) is 53.9 Å². The van der Waals surface area contributed by atoms with Gasteiger partial charge in [0.1, 0.15) is 16.7 Å². The first-order valence-corrected chi connectivity index (χ1v) is 17.8. The third-order valence-electron chi connectivity index (χ3n) is 8.74. The van der Waals surface area contributed by atoms with Crippen molar-refractivity contribution >= 4 is 38.5 Å². The smallest absolute Gasteiger partial charge is 0.268 e. The van der Waals surface area contributed by atoms with E-state index in [0.29, 0.717) is 36.0 Å². The second-order valence-electron chi connectivity index (χ2n) is 13.2. The molecule has 42 heavy (non-hydrogen) atoms. The Morgan fingerprint density at radius 3 is 2.38 bits per heavy atom. The Hall–Kier alpha value is -2.33. The average Bonchev–Trinajstić information content (AvgIpc) is 3.28. The van der Waals surface area contributed by atoms with Gasteiger partial charge in [-0.3, -0.25) is 9.00 Å². The lowest BCUT2D eigenvalue weighted by Gasteiger charge is -2.31. The molecule has 9 heteroatoms. The number of carbonyl (C=O) groups excluding carboxylic acids is 1. The molecule has 1 aromatic heterocycles. The van der Waals surface area contributed by atoms with Crippen molar-refractivity contribution in [2.75, 3.05) is 18.1 Å². The monoisotopic (exact) mass is 611 g/mol. The third-order valence-corrected chi connectivity index (χ3v) is 11.6. The van der Waals surface area contributed by atoms with Gasteiger partial charge in [-0.2, -0.15) is 0 Å². The summed E-state index contributed by atoms with van der Waals surface area (Å²) in [7, 11) is -0.305. The molecule has 3 N–H and O–H groups in total. The minimum atomic E-state index is -1.38. The summed E-state index contributed by atoms with van der Waals surface area (Å²) < 4.78 is 30.4. The van der Waals surface area contributed by atoms with E-state index in [1.54, 1.807) is 0 Å². The van der Waals surface area contributed by atoms with E-state index in [9.17, 15) is 18.3 Å². The normalized spacial score (nSPS) is 22.7. The van der Waals surface area contributed by atoms with E-state index in [2.05, 4.69) is 16.1 Å². The number of hydrogen-bond acceptors (Lipinski definition) is 4. The molecule has 2 aliphatic rings. The molecular formula is C33H45N3O4S2. The van der Waals surface area contributed by atoms with Crippen molar-refractivity contribution in [2.24, 2.45) is 13.0 Å². The lowest BCUT2D eigenvalue weighted by atomic mass is 9.84. The van der Waals surface area contributed by atoms with Crippen molar-refractivity contribution in [3.8, 4) is 11.1 Å². The number of nitrogens with one attached hydrogen (secondary N) is 2. The highest BCUT2D eigenvalue weighted by molar-refractivity contribution is 7.85. The number of aliphatic hydroxyl groups is 1. The SMILES string of the molecule is Cn1c(C(=O)NCC2(O)CCS(=O)CC2)cc(-c2ccc(S(=O)NC(C)(C)C)c3ccccc23)c1CC1CCCCC1. The van der Waals surface area contributed by atoms with Gasteiger partial charge in [0, 0.05) is 52.7 Å². The summed E-state index contributed by atoms with van der Waals surface area (Å²) in [6.07, 6.45) is 7.89. The van der Waals surface area contributed by atoms with Gasteiger partial charge in [-0.15, -0.1) is 0 Å². The van der Waals surface area contributed by atoms with Gasteiger partial charge in [0.25, 0.3) is 5.91 Å². The molecule has 1 atom stereocenters. The van der Waals surface area contributed by atoms with Gasteiger partial charge in [0.05, 0.1) is 10.5 Å². The summed E-state index contributed by atoms with van der Waals surface area (Å²) in [6, 6.07) is 14.1. The quantitative estimate of drug-likeness (QED) is 0.318. The summed E-state index contributed by atoms with van der Waals surface area (Å²) in [5, 5.41) is 15.9. The maximum Gasteiger partial charge on any atom is 0.268 e. The van der Waals surface area contributed by atoms with Crippen LogP contribution in [-0.2, 0) is 35.3 Å². The van der Waals surface area contributed by atoms with Crippen molar-refractivity contribution in [1.29, 1.82) is 0 Å². The van der Waals surface area contributed by atoms with Crippen molar-refractivity contribution in [1.82, 2.24) is 14.6 Å². The standard InChI is InChI=1S/C33H45N3O4S2/c1-32(2,3)35-42(40)30-15-14-25(24-12-8-9-13-26(24)30)27-21-29(36(4)28(27)20-23-10-6-5-7-11-23)31(37)34-22-33(38)16-18-41(39)19-17-33/h8-9,12-15,21,23,35,38H,5-7,10-11,16-20,22H2,1-4H3,(H,34,37). The van der Waals surface area contributed by atoms with Crippen LogP contribution < -0.4 is 10.0 Å². The van der Waals surface area contributed by atoms with Gasteiger partial charge in [-0.05, 0) is 74.4 Å². The lowest BCUT2D eigenvalue weighted by molar-refractivity contribution is 0.0302. The summed E-state index contributed by atoms with van der Waals surface area (Å²) >= 11 is 0. The maximum absolute atomic E-state index is 13.6. The molecule has 5 rings (SSSR count). The molecule has 2 fully saturated rings. The molecule has 0 bridgehead atoms. The minimum Gasteiger partial charge on any atom is -0.388 e. The second kappa shape index (κ2) is 12.7. The first-order chi connectivity index (χ1) is 19.9. The molecule has 2 aromatic carbocycles. The Morgan fingerprint density at radius 2 is 1.71 bits per heavy atom. The van der Waals surface area contributed by atoms with Crippen LogP contribution in [0.25, 0.3) is 21.9 Å². The second-order valence-corrected chi connectivity index (χ2v) is 16.1. The van der Waals surface area contributed by atoms with Crippen LogP contribution in [0.5, 0.6) is 0 Å². The number of aromatic nitrogens is 1. The summed E-state index contributed by atoms with van der Waals surface area (Å²) in [4.78, 5) is 14.3. The molecular weight excluding hydrogens is 567 g/mol. The summed E-state index contributed by atoms with van der Waals surface area (Å²) in [5.41, 5.74) is 2.41. The fraction of sp³-hybridized carbons (Fsp3) is 0.545. The van der Waals surface area contributed by atoms with Crippen LogP contribution in [0.2, 0.25) is 0 Å². The third kappa shape index (κ3) is 7.07. The molecule has 3 aromatic rings. The molecule has 0 spiro atoms. The highest BCUT2D eigenvalue weighted by Gasteiger charge is 2.33. The largest absolute Gasteiger partial charge is 0.388 e. The summed E-state index contributed by atoms with van der Waals surface area (Å²) in [6.45, 7) is 6.15. The number of amides is 1. The van der Waals surface area contributed by atoms with Crippen LogP contribution in [0.3, 0.4) is 0 Å². The van der Waals surface area contributed by atoms with Crippen molar-refractivity contribution in [3.63, 3.8) is 0 Å². The van der Waals surface area contributed by atoms with Gasteiger partial charge in [-0.1, -0.05) is 62.4 Å². The Bertz CT molecular complexity index is 1490. The van der Waals surface area contributed by atoms with Crippen molar-refractivity contribution in [2.45, 2.75) is 88.2 Å². The Labute approximate surface area is 254 Å². The van der Waals surface area contributed by atoms with E-state index in [0.717, 1.165) is 38.9 Å². The average molecular weight is 612 g/mol. The van der Waals surface area contributed by atoms with Crippen LogP contribution in [0, 0.1) is 5.92 Å². The Balaban J connectivity index is 1.53. The topological polar surface area (TPSA) is 100 Å². The Morgan fingerprint density at radius 1 is 1.05 bits per heavy atom. The molecule has 1 saturated heterocycles. The van der Waals surface area contributed by atoms with Gasteiger partial charge >= 0.3 is 0 Å². The van der Waals surface area contributed by atoms with Crippen LogP contribution in [0.4, 0.5) is 0 Å². The fourth-order valence-electron chi connectivity index (χ4n) is 6.35.